The van der Waals surface area contributed by atoms with Crippen LogP contribution >= 0.6 is 11.3 Å². The first-order valence-corrected chi connectivity index (χ1v) is 9.41. The largest absolute Gasteiger partial charge is 0.465 e. The first-order valence-electron chi connectivity index (χ1n) is 8.53. The Kier molecular flexibility index (Phi) is 5.12. The van der Waals surface area contributed by atoms with Gasteiger partial charge in [0.2, 0.25) is 5.91 Å². The molecular formula is C22H15FN2O2S. The smallest absolute Gasteiger partial charge is 0.248 e. The Morgan fingerprint density at radius 1 is 1.04 bits per heavy atom. The molecule has 0 atom stereocenters. The zero-order valence-corrected chi connectivity index (χ0v) is 15.4. The van der Waals surface area contributed by atoms with Gasteiger partial charge in [0.15, 0.2) is 0 Å². The van der Waals surface area contributed by atoms with Crippen molar-refractivity contribution in [1.82, 2.24) is 4.98 Å². The molecule has 4 nitrogen and oxygen atoms in total. The first kappa shape index (κ1) is 17.9. The molecule has 0 bridgehead atoms. The summed E-state index contributed by atoms with van der Waals surface area (Å²) < 4.78 is 19.2. The van der Waals surface area contributed by atoms with Crippen LogP contribution in [0, 0.1) is 5.82 Å². The fourth-order valence-corrected chi connectivity index (χ4v) is 3.54. The molecule has 0 saturated heterocycles. The summed E-state index contributed by atoms with van der Waals surface area (Å²) in [4.78, 5) is 16.8. The maximum atomic E-state index is 14.0. The lowest BCUT2D eigenvalue weighted by molar-refractivity contribution is -0.111. The summed E-state index contributed by atoms with van der Waals surface area (Å²) in [7, 11) is 0. The molecule has 0 fully saturated rings. The highest BCUT2D eigenvalue weighted by atomic mass is 32.1. The Hall–Kier alpha value is -3.51. The van der Waals surface area contributed by atoms with E-state index in [4.69, 9.17) is 4.42 Å². The van der Waals surface area contributed by atoms with E-state index >= 15 is 0 Å². The van der Waals surface area contributed by atoms with Gasteiger partial charge in [-0.15, -0.1) is 11.3 Å². The summed E-state index contributed by atoms with van der Waals surface area (Å²) in [5, 5.41) is 5.30. The summed E-state index contributed by atoms with van der Waals surface area (Å²) in [6.07, 6.45) is 4.54. The van der Waals surface area contributed by atoms with Gasteiger partial charge < -0.3 is 9.73 Å². The fraction of sp³-hybridized carbons (Fsp3) is 0. The van der Waals surface area contributed by atoms with Gasteiger partial charge in [0.05, 0.1) is 17.6 Å². The summed E-state index contributed by atoms with van der Waals surface area (Å²) in [6.45, 7) is 0. The standard InChI is InChI=1S/C22H15FN2O2S/c23-18-9-3-1-7-16(18)22-25-20(14-28-22)17-8-2-4-10-19(17)24-21(26)12-11-15-6-5-13-27-15/h1-14H,(H,24,26)/b12-11+. The number of carbonyl (C=O) groups excluding carboxylic acids is 1. The van der Waals surface area contributed by atoms with Gasteiger partial charge in [-0.2, -0.15) is 0 Å². The topological polar surface area (TPSA) is 55.1 Å². The second kappa shape index (κ2) is 8.02. The van der Waals surface area contributed by atoms with E-state index in [0.717, 1.165) is 5.56 Å². The van der Waals surface area contributed by atoms with Crippen LogP contribution in [0.1, 0.15) is 5.76 Å². The average Bonchev–Trinajstić information content (AvgIpc) is 3.39. The monoisotopic (exact) mass is 390 g/mol. The zero-order valence-electron chi connectivity index (χ0n) is 14.6. The van der Waals surface area contributed by atoms with Gasteiger partial charge >= 0.3 is 0 Å². The zero-order chi connectivity index (χ0) is 19.3. The average molecular weight is 390 g/mol. The Balaban J connectivity index is 1.58. The molecule has 0 radical (unpaired) electrons. The molecule has 0 saturated carbocycles. The molecule has 1 N–H and O–H groups in total. The second-order valence-corrected chi connectivity index (χ2v) is 6.76. The molecule has 0 spiro atoms. The van der Waals surface area contributed by atoms with E-state index in [9.17, 15) is 9.18 Å². The minimum absolute atomic E-state index is 0.284. The number of benzene rings is 2. The minimum atomic E-state index is -0.312. The van der Waals surface area contributed by atoms with Crippen molar-refractivity contribution in [2.45, 2.75) is 0 Å². The van der Waals surface area contributed by atoms with E-state index < -0.39 is 0 Å². The van der Waals surface area contributed by atoms with Gasteiger partial charge in [-0.1, -0.05) is 30.3 Å². The lowest BCUT2D eigenvalue weighted by Crippen LogP contribution is -2.08. The minimum Gasteiger partial charge on any atom is -0.465 e. The van der Waals surface area contributed by atoms with Crippen molar-refractivity contribution >= 4 is 29.0 Å². The van der Waals surface area contributed by atoms with Crippen molar-refractivity contribution in [3.63, 3.8) is 0 Å². The van der Waals surface area contributed by atoms with Gasteiger partial charge in [-0.25, -0.2) is 9.37 Å². The van der Waals surface area contributed by atoms with E-state index in [1.165, 1.54) is 23.5 Å². The summed E-state index contributed by atoms with van der Waals surface area (Å²) >= 11 is 1.36. The number of amides is 1. The molecule has 0 aliphatic rings. The van der Waals surface area contributed by atoms with Crippen LogP contribution in [0.2, 0.25) is 0 Å². The third-order valence-electron chi connectivity index (χ3n) is 4.01. The third kappa shape index (κ3) is 3.92. The summed E-state index contributed by atoms with van der Waals surface area (Å²) in [5.41, 5.74) is 2.53. The number of anilines is 1. The van der Waals surface area contributed by atoms with Crippen LogP contribution in [-0.4, -0.2) is 10.9 Å². The highest BCUT2D eigenvalue weighted by Gasteiger charge is 2.13. The summed E-state index contributed by atoms with van der Waals surface area (Å²) in [6, 6.07) is 17.4. The Morgan fingerprint density at radius 2 is 1.82 bits per heavy atom. The molecule has 4 rings (SSSR count). The Morgan fingerprint density at radius 3 is 2.61 bits per heavy atom. The van der Waals surface area contributed by atoms with Gasteiger partial charge in [0.25, 0.3) is 0 Å². The van der Waals surface area contributed by atoms with Crippen LogP contribution in [0.15, 0.2) is 82.8 Å². The molecule has 2 heterocycles. The Labute approximate surface area is 165 Å². The SMILES string of the molecule is O=C(/C=C/c1ccco1)Nc1ccccc1-c1csc(-c2ccccc2F)n1. The van der Waals surface area contributed by atoms with Crippen molar-refractivity contribution < 1.29 is 13.6 Å². The Bertz CT molecular complexity index is 1130. The van der Waals surface area contributed by atoms with Crippen molar-refractivity contribution in [1.29, 1.82) is 0 Å². The molecule has 2 aromatic carbocycles. The molecule has 28 heavy (non-hydrogen) atoms. The molecule has 1 amide bonds. The highest BCUT2D eigenvalue weighted by Crippen LogP contribution is 2.33. The fourth-order valence-electron chi connectivity index (χ4n) is 2.69. The molecule has 4 aromatic rings. The number of nitrogens with zero attached hydrogens (tertiary/aromatic N) is 1. The van der Waals surface area contributed by atoms with Crippen LogP contribution in [-0.2, 0) is 4.79 Å². The predicted octanol–water partition coefficient (Wildman–Crippen LogP) is 5.86. The quantitative estimate of drug-likeness (QED) is 0.434. The van der Waals surface area contributed by atoms with Crippen LogP contribution < -0.4 is 5.32 Å². The van der Waals surface area contributed by atoms with Crippen molar-refractivity contribution in [2.75, 3.05) is 5.32 Å². The number of rotatable bonds is 5. The molecule has 0 unspecified atom stereocenters. The number of para-hydroxylation sites is 1. The van der Waals surface area contributed by atoms with Crippen LogP contribution in [0.4, 0.5) is 10.1 Å². The maximum Gasteiger partial charge on any atom is 0.248 e. The third-order valence-corrected chi connectivity index (χ3v) is 4.89. The van der Waals surface area contributed by atoms with Crippen molar-refractivity contribution in [3.05, 3.63) is 90.0 Å². The predicted molar refractivity (Wildman–Crippen MR) is 109 cm³/mol. The van der Waals surface area contributed by atoms with E-state index in [1.54, 1.807) is 48.7 Å². The molecule has 0 aliphatic carbocycles. The van der Waals surface area contributed by atoms with E-state index in [1.807, 2.05) is 23.6 Å². The molecule has 2 aromatic heterocycles. The number of aromatic nitrogens is 1. The van der Waals surface area contributed by atoms with Crippen LogP contribution in [0.3, 0.4) is 0 Å². The molecule has 6 heteroatoms. The van der Waals surface area contributed by atoms with Gasteiger partial charge in [-0.3, -0.25) is 4.79 Å². The van der Waals surface area contributed by atoms with Gasteiger partial charge in [0, 0.05) is 22.6 Å². The van der Waals surface area contributed by atoms with E-state index in [-0.39, 0.29) is 11.7 Å². The summed E-state index contributed by atoms with van der Waals surface area (Å²) in [5.74, 6) is -0.000996. The first-order chi connectivity index (χ1) is 13.7. The van der Waals surface area contributed by atoms with Gasteiger partial charge in [0.1, 0.15) is 16.6 Å². The molecular weight excluding hydrogens is 375 g/mol. The van der Waals surface area contributed by atoms with Crippen molar-refractivity contribution in [3.8, 4) is 21.8 Å². The lowest BCUT2D eigenvalue weighted by Gasteiger charge is -2.07. The van der Waals surface area contributed by atoms with Crippen molar-refractivity contribution in [2.24, 2.45) is 0 Å². The van der Waals surface area contributed by atoms with Crippen LogP contribution in [0.5, 0.6) is 0 Å². The maximum absolute atomic E-state index is 14.0. The second-order valence-electron chi connectivity index (χ2n) is 5.90. The van der Waals surface area contributed by atoms with Crippen LogP contribution in [0.25, 0.3) is 27.9 Å². The highest BCUT2D eigenvalue weighted by molar-refractivity contribution is 7.13. The normalized spacial score (nSPS) is 11.0. The number of nitrogens with one attached hydrogen (secondary N) is 1. The molecule has 138 valence electrons. The molecule has 0 aliphatic heterocycles. The van der Waals surface area contributed by atoms with E-state index in [0.29, 0.717) is 27.7 Å². The number of furan rings is 1. The van der Waals surface area contributed by atoms with E-state index in [2.05, 4.69) is 10.3 Å². The lowest BCUT2D eigenvalue weighted by atomic mass is 10.1. The number of halogens is 1. The number of thiazole rings is 1. The number of hydrogen-bond acceptors (Lipinski definition) is 4. The number of hydrogen-bond donors (Lipinski definition) is 1. The number of carbonyl (C=O) groups is 1. The van der Waals surface area contributed by atoms with Gasteiger partial charge in [-0.05, 0) is 36.4 Å².